The minimum atomic E-state index is 0.313. The van der Waals surface area contributed by atoms with Gasteiger partial charge >= 0.3 is 0 Å². The van der Waals surface area contributed by atoms with Crippen LogP contribution in [0.3, 0.4) is 0 Å². The van der Waals surface area contributed by atoms with Crippen molar-refractivity contribution >= 4 is 11.6 Å². The molecule has 1 fully saturated rings. The van der Waals surface area contributed by atoms with Crippen LogP contribution in [0.2, 0.25) is 0 Å². The number of rotatable bonds is 2. The van der Waals surface area contributed by atoms with Crippen molar-refractivity contribution in [3.8, 4) is 0 Å². The molecule has 0 aliphatic carbocycles. The third-order valence-electron chi connectivity index (χ3n) is 2.51. The normalized spacial score (nSPS) is 35.2. The van der Waals surface area contributed by atoms with E-state index in [9.17, 15) is 0 Å². The van der Waals surface area contributed by atoms with Crippen LogP contribution in [0.25, 0.3) is 0 Å². The zero-order valence-electron chi connectivity index (χ0n) is 7.35. The molecule has 11 heavy (non-hydrogen) atoms. The van der Waals surface area contributed by atoms with Gasteiger partial charge in [0.2, 0.25) is 0 Å². The molecule has 2 heteroatoms. The first kappa shape index (κ1) is 9.34. The molecule has 0 saturated carbocycles. The molecule has 1 nitrogen and oxygen atoms in total. The van der Waals surface area contributed by atoms with Gasteiger partial charge in [0.15, 0.2) is 0 Å². The molecule has 1 rings (SSSR count). The molecule has 3 atom stereocenters. The molecule has 1 aliphatic rings. The van der Waals surface area contributed by atoms with Gasteiger partial charge in [0.05, 0.1) is 6.10 Å². The van der Waals surface area contributed by atoms with Crippen molar-refractivity contribution in [2.45, 2.75) is 44.6 Å². The number of alkyl halides is 1. The highest BCUT2D eigenvalue weighted by molar-refractivity contribution is 6.20. The summed E-state index contributed by atoms with van der Waals surface area (Å²) in [5, 5.41) is 0.313. The molecule has 0 aromatic heterocycles. The van der Waals surface area contributed by atoms with Crippen molar-refractivity contribution in [1.82, 2.24) is 0 Å². The van der Waals surface area contributed by atoms with E-state index < -0.39 is 0 Å². The second kappa shape index (κ2) is 4.32. The molecular weight excluding hydrogens is 160 g/mol. The second-order valence-electron chi connectivity index (χ2n) is 3.36. The van der Waals surface area contributed by atoms with E-state index in [1.54, 1.807) is 0 Å². The average molecular weight is 177 g/mol. The highest BCUT2D eigenvalue weighted by atomic mass is 35.5. The first-order chi connectivity index (χ1) is 5.24. The van der Waals surface area contributed by atoms with Crippen LogP contribution in [0.4, 0.5) is 0 Å². The van der Waals surface area contributed by atoms with Gasteiger partial charge in [-0.1, -0.05) is 6.92 Å². The van der Waals surface area contributed by atoms with E-state index >= 15 is 0 Å². The van der Waals surface area contributed by atoms with E-state index in [2.05, 4.69) is 13.8 Å². The lowest BCUT2D eigenvalue weighted by molar-refractivity contribution is -0.0102. The van der Waals surface area contributed by atoms with E-state index in [4.69, 9.17) is 16.3 Å². The van der Waals surface area contributed by atoms with E-state index in [1.807, 2.05) is 0 Å². The summed E-state index contributed by atoms with van der Waals surface area (Å²) in [5.41, 5.74) is 0. The SMILES string of the molecule is CCC1CC(C(C)Cl)CCO1. The summed E-state index contributed by atoms with van der Waals surface area (Å²) >= 11 is 6.02. The van der Waals surface area contributed by atoms with Gasteiger partial charge in [-0.15, -0.1) is 11.6 Å². The Morgan fingerprint density at radius 2 is 2.36 bits per heavy atom. The lowest BCUT2D eigenvalue weighted by Crippen LogP contribution is -2.28. The molecule has 0 bridgehead atoms. The number of hydrogen-bond acceptors (Lipinski definition) is 1. The molecule has 0 amide bonds. The van der Waals surface area contributed by atoms with Gasteiger partial charge in [-0.25, -0.2) is 0 Å². The van der Waals surface area contributed by atoms with Gasteiger partial charge in [-0.05, 0) is 32.1 Å². The van der Waals surface area contributed by atoms with Gasteiger partial charge in [0, 0.05) is 12.0 Å². The summed E-state index contributed by atoms with van der Waals surface area (Å²) in [6.45, 7) is 5.16. The van der Waals surface area contributed by atoms with Gasteiger partial charge in [-0.3, -0.25) is 0 Å². The topological polar surface area (TPSA) is 9.23 Å². The maximum atomic E-state index is 6.02. The van der Waals surface area contributed by atoms with Gasteiger partial charge in [0.25, 0.3) is 0 Å². The Balaban J connectivity index is 2.33. The highest BCUT2D eigenvalue weighted by Crippen LogP contribution is 2.27. The van der Waals surface area contributed by atoms with Crippen molar-refractivity contribution in [3.05, 3.63) is 0 Å². The van der Waals surface area contributed by atoms with E-state index in [0.29, 0.717) is 17.4 Å². The standard InChI is InChI=1S/C9H17ClO/c1-3-9-6-8(7(2)10)4-5-11-9/h7-9H,3-6H2,1-2H3. The van der Waals surface area contributed by atoms with E-state index in [-0.39, 0.29) is 0 Å². The maximum absolute atomic E-state index is 6.02. The third-order valence-corrected chi connectivity index (χ3v) is 2.87. The average Bonchev–Trinajstić information content (AvgIpc) is 2.05. The van der Waals surface area contributed by atoms with Gasteiger partial charge in [-0.2, -0.15) is 0 Å². The number of halogens is 1. The second-order valence-corrected chi connectivity index (χ2v) is 4.05. The van der Waals surface area contributed by atoms with E-state index in [1.165, 1.54) is 0 Å². The molecule has 0 aromatic carbocycles. The van der Waals surface area contributed by atoms with Gasteiger partial charge in [0.1, 0.15) is 0 Å². The minimum Gasteiger partial charge on any atom is -0.378 e. The van der Waals surface area contributed by atoms with Crippen LogP contribution in [0.1, 0.15) is 33.1 Å². The molecule has 1 heterocycles. The fourth-order valence-electron chi connectivity index (χ4n) is 1.61. The Morgan fingerprint density at radius 1 is 1.64 bits per heavy atom. The van der Waals surface area contributed by atoms with Crippen LogP contribution in [-0.2, 0) is 4.74 Å². The Bertz CT molecular complexity index is 114. The summed E-state index contributed by atoms with van der Waals surface area (Å²) in [5.74, 6) is 0.676. The fourth-order valence-corrected chi connectivity index (χ4v) is 1.84. The Morgan fingerprint density at radius 3 is 2.91 bits per heavy atom. The van der Waals surface area contributed by atoms with Crippen molar-refractivity contribution in [1.29, 1.82) is 0 Å². The first-order valence-electron chi connectivity index (χ1n) is 4.49. The van der Waals surface area contributed by atoms with Crippen molar-refractivity contribution in [2.75, 3.05) is 6.61 Å². The van der Waals surface area contributed by atoms with Gasteiger partial charge < -0.3 is 4.74 Å². The predicted octanol–water partition coefficient (Wildman–Crippen LogP) is 2.82. The number of ether oxygens (including phenoxy) is 1. The van der Waals surface area contributed by atoms with Crippen molar-refractivity contribution in [3.63, 3.8) is 0 Å². The minimum absolute atomic E-state index is 0.313. The van der Waals surface area contributed by atoms with Crippen molar-refractivity contribution < 1.29 is 4.74 Å². The first-order valence-corrected chi connectivity index (χ1v) is 4.93. The smallest absolute Gasteiger partial charge is 0.0575 e. The molecule has 66 valence electrons. The largest absolute Gasteiger partial charge is 0.378 e. The van der Waals surface area contributed by atoms with E-state index in [0.717, 1.165) is 25.9 Å². The summed E-state index contributed by atoms with van der Waals surface area (Å²) in [4.78, 5) is 0. The maximum Gasteiger partial charge on any atom is 0.0575 e. The molecule has 1 saturated heterocycles. The van der Waals surface area contributed by atoms with Crippen LogP contribution in [0.5, 0.6) is 0 Å². The Kier molecular flexibility index (Phi) is 3.67. The number of hydrogen-bond donors (Lipinski definition) is 0. The molecule has 0 radical (unpaired) electrons. The molecule has 0 N–H and O–H groups in total. The highest BCUT2D eigenvalue weighted by Gasteiger charge is 2.24. The summed E-state index contributed by atoms with van der Waals surface area (Å²) in [7, 11) is 0. The van der Waals surface area contributed by atoms with Crippen LogP contribution >= 0.6 is 11.6 Å². The summed E-state index contributed by atoms with van der Waals surface area (Å²) in [6, 6.07) is 0. The lowest BCUT2D eigenvalue weighted by atomic mass is 9.92. The predicted molar refractivity (Wildman–Crippen MR) is 48.1 cm³/mol. The molecule has 1 aliphatic heterocycles. The van der Waals surface area contributed by atoms with Crippen LogP contribution in [0.15, 0.2) is 0 Å². The zero-order chi connectivity index (χ0) is 8.27. The van der Waals surface area contributed by atoms with Crippen LogP contribution in [0, 0.1) is 5.92 Å². The quantitative estimate of drug-likeness (QED) is 0.588. The Hall–Kier alpha value is 0.250. The molecule has 0 aromatic rings. The molecule has 0 spiro atoms. The summed E-state index contributed by atoms with van der Waals surface area (Å²) in [6.07, 6.45) is 3.89. The lowest BCUT2D eigenvalue weighted by Gasteiger charge is -2.30. The summed E-state index contributed by atoms with van der Waals surface area (Å²) < 4.78 is 5.55. The molecule has 3 unspecified atom stereocenters. The Labute approximate surface area is 74.1 Å². The fraction of sp³-hybridized carbons (Fsp3) is 1.00. The van der Waals surface area contributed by atoms with Crippen LogP contribution < -0.4 is 0 Å². The molecular formula is C9H17ClO. The third kappa shape index (κ3) is 2.64. The monoisotopic (exact) mass is 176 g/mol. The zero-order valence-corrected chi connectivity index (χ0v) is 8.10. The van der Waals surface area contributed by atoms with Crippen LogP contribution in [-0.4, -0.2) is 18.1 Å². The van der Waals surface area contributed by atoms with Crippen molar-refractivity contribution in [2.24, 2.45) is 5.92 Å².